The Bertz CT molecular complexity index is 1640. The lowest BCUT2D eigenvalue weighted by Gasteiger charge is -2.13. The van der Waals surface area contributed by atoms with Gasteiger partial charge in [-0.15, -0.1) is 0 Å². The number of aryl methyl sites for hydroxylation is 2. The Hall–Kier alpha value is -3.31. The summed E-state index contributed by atoms with van der Waals surface area (Å²) in [5, 5.41) is 0. The van der Waals surface area contributed by atoms with Crippen LogP contribution in [0, 0.1) is 13.8 Å². The number of benzene rings is 4. The molecule has 0 amide bonds. The molecular weight excluding hydrogens is 532 g/mol. The first-order valence-corrected chi connectivity index (χ1v) is 14.7. The van der Waals surface area contributed by atoms with Crippen LogP contribution in [0.1, 0.15) is 11.1 Å². The van der Waals surface area contributed by atoms with Gasteiger partial charge < -0.3 is 9.47 Å². The zero-order valence-electron chi connectivity index (χ0n) is 20.2. The standard InChI is InChI=1S/C27H24O7S3/c1-18-4-14-26(27(16-18)37(30,31)32)36(28,29)25-15-9-22(17-19(25)2)34-21-7-12-24(13-8-21)35-23-10-5-20(33-3)6-11-23/h4-17H,1-3H3,(H,30,31,32). The average molecular weight is 557 g/mol. The Morgan fingerprint density at radius 1 is 0.649 bits per heavy atom. The molecule has 0 atom stereocenters. The zero-order valence-corrected chi connectivity index (χ0v) is 22.7. The summed E-state index contributed by atoms with van der Waals surface area (Å²) in [6.07, 6.45) is 0. The van der Waals surface area contributed by atoms with E-state index in [-0.39, 0.29) is 4.90 Å². The highest BCUT2D eigenvalue weighted by Crippen LogP contribution is 2.34. The second-order valence-electron chi connectivity index (χ2n) is 8.21. The Morgan fingerprint density at radius 2 is 1.19 bits per heavy atom. The van der Waals surface area contributed by atoms with E-state index in [2.05, 4.69) is 0 Å². The van der Waals surface area contributed by atoms with Crippen molar-refractivity contribution in [3.8, 4) is 17.2 Å². The summed E-state index contributed by atoms with van der Waals surface area (Å²) in [4.78, 5) is 0.859. The maximum Gasteiger partial charge on any atom is 0.295 e. The van der Waals surface area contributed by atoms with Crippen molar-refractivity contribution in [2.24, 2.45) is 0 Å². The Kier molecular flexibility index (Phi) is 7.65. The predicted molar refractivity (Wildman–Crippen MR) is 141 cm³/mol. The van der Waals surface area contributed by atoms with Gasteiger partial charge in [-0.05, 0) is 104 Å². The molecule has 192 valence electrons. The van der Waals surface area contributed by atoms with E-state index in [1.54, 1.807) is 38.8 Å². The van der Waals surface area contributed by atoms with Crippen LogP contribution >= 0.6 is 11.8 Å². The maximum absolute atomic E-state index is 13.3. The molecule has 0 aliphatic rings. The molecule has 0 aliphatic carbocycles. The van der Waals surface area contributed by atoms with E-state index in [4.69, 9.17) is 9.47 Å². The molecule has 0 saturated carbocycles. The second-order valence-corrected chi connectivity index (χ2v) is 12.6. The largest absolute Gasteiger partial charge is 0.497 e. The zero-order chi connectivity index (χ0) is 26.8. The van der Waals surface area contributed by atoms with Crippen LogP contribution in [0.3, 0.4) is 0 Å². The van der Waals surface area contributed by atoms with Crippen LogP contribution in [-0.4, -0.2) is 28.5 Å². The molecule has 7 nitrogen and oxygen atoms in total. The van der Waals surface area contributed by atoms with Gasteiger partial charge in [0, 0.05) is 9.79 Å². The van der Waals surface area contributed by atoms with E-state index in [9.17, 15) is 21.4 Å². The monoisotopic (exact) mass is 556 g/mol. The fourth-order valence-corrected chi connectivity index (χ4v) is 7.29. The molecule has 4 aromatic rings. The van der Waals surface area contributed by atoms with Gasteiger partial charge in [-0.2, -0.15) is 8.42 Å². The van der Waals surface area contributed by atoms with Crippen LogP contribution in [0.25, 0.3) is 0 Å². The highest BCUT2D eigenvalue weighted by molar-refractivity contribution is 7.99. The molecule has 0 unspecified atom stereocenters. The summed E-state index contributed by atoms with van der Waals surface area (Å²) in [6, 6.07) is 23.4. The van der Waals surface area contributed by atoms with Crippen molar-refractivity contribution < 1.29 is 30.9 Å². The van der Waals surface area contributed by atoms with Crippen LogP contribution in [-0.2, 0) is 20.0 Å². The molecule has 0 saturated heterocycles. The third-order valence-corrected chi connectivity index (χ3v) is 9.47. The fraction of sp³-hybridized carbons (Fsp3) is 0.111. The lowest BCUT2D eigenvalue weighted by atomic mass is 10.2. The van der Waals surface area contributed by atoms with E-state index in [0.717, 1.165) is 21.6 Å². The second kappa shape index (κ2) is 10.6. The smallest absolute Gasteiger partial charge is 0.295 e. The lowest BCUT2D eigenvalue weighted by molar-refractivity contribution is 0.414. The summed E-state index contributed by atoms with van der Waals surface area (Å²) < 4.78 is 71.0. The van der Waals surface area contributed by atoms with E-state index < -0.39 is 29.7 Å². The summed E-state index contributed by atoms with van der Waals surface area (Å²) in [5.74, 6) is 1.78. The molecule has 4 aromatic carbocycles. The van der Waals surface area contributed by atoms with Crippen molar-refractivity contribution in [2.75, 3.05) is 7.11 Å². The molecule has 0 bridgehead atoms. The quantitative estimate of drug-likeness (QED) is 0.251. The van der Waals surface area contributed by atoms with Gasteiger partial charge in [-0.3, -0.25) is 4.55 Å². The summed E-state index contributed by atoms with van der Waals surface area (Å²) in [6.45, 7) is 3.20. The topological polar surface area (TPSA) is 107 Å². The number of methoxy groups -OCH3 is 1. The molecule has 1 N–H and O–H groups in total. The molecular formula is C27H24O7S3. The van der Waals surface area contributed by atoms with Crippen molar-refractivity contribution in [2.45, 2.75) is 38.3 Å². The van der Waals surface area contributed by atoms with Crippen LogP contribution in [0.2, 0.25) is 0 Å². The third kappa shape index (κ3) is 6.16. The third-order valence-electron chi connectivity index (χ3n) is 5.46. The fourth-order valence-electron chi connectivity index (χ4n) is 3.64. The molecule has 0 aliphatic heterocycles. The van der Waals surface area contributed by atoms with E-state index >= 15 is 0 Å². The van der Waals surface area contributed by atoms with Gasteiger partial charge in [0.1, 0.15) is 22.1 Å². The van der Waals surface area contributed by atoms with Crippen LogP contribution in [0.15, 0.2) is 109 Å². The Balaban J connectivity index is 1.54. The van der Waals surface area contributed by atoms with Gasteiger partial charge in [0.25, 0.3) is 10.1 Å². The molecule has 0 spiro atoms. The summed E-state index contributed by atoms with van der Waals surface area (Å²) in [5.41, 5.74) is 0.867. The molecule has 37 heavy (non-hydrogen) atoms. The minimum atomic E-state index is -4.75. The normalized spacial score (nSPS) is 11.8. The SMILES string of the molecule is COc1ccc(Sc2ccc(Oc3ccc(S(=O)(=O)c4ccc(C)cc4S(=O)(=O)O)c(C)c3)cc2)cc1. The Morgan fingerprint density at radius 3 is 1.73 bits per heavy atom. The minimum Gasteiger partial charge on any atom is -0.497 e. The van der Waals surface area contributed by atoms with Gasteiger partial charge in [-0.1, -0.05) is 17.8 Å². The molecule has 4 rings (SSSR count). The lowest BCUT2D eigenvalue weighted by Crippen LogP contribution is -2.11. The van der Waals surface area contributed by atoms with Crippen LogP contribution in [0.5, 0.6) is 17.2 Å². The first kappa shape index (κ1) is 26.7. The van der Waals surface area contributed by atoms with E-state index in [1.807, 2.05) is 48.5 Å². The van der Waals surface area contributed by atoms with Crippen LogP contribution in [0.4, 0.5) is 0 Å². The van der Waals surface area contributed by atoms with Crippen molar-refractivity contribution in [3.05, 3.63) is 96.1 Å². The van der Waals surface area contributed by atoms with Crippen LogP contribution < -0.4 is 9.47 Å². The first-order valence-electron chi connectivity index (χ1n) is 11.0. The Labute approximate surface area is 220 Å². The number of hydrogen-bond acceptors (Lipinski definition) is 7. The predicted octanol–water partition coefficient (Wildman–Crippen LogP) is 6.34. The first-order chi connectivity index (χ1) is 17.5. The maximum atomic E-state index is 13.3. The van der Waals surface area contributed by atoms with Crippen molar-refractivity contribution in [1.29, 1.82) is 0 Å². The van der Waals surface area contributed by atoms with Gasteiger partial charge in [0.15, 0.2) is 0 Å². The molecule has 10 heteroatoms. The molecule has 0 aromatic heterocycles. The number of ether oxygens (including phenoxy) is 2. The average Bonchev–Trinajstić information content (AvgIpc) is 2.85. The van der Waals surface area contributed by atoms with Crippen molar-refractivity contribution >= 4 is 31.7 Å². The van der Waals surface area contributed by atoms with Gasteiger partial charge in [0.05, 0.1) is 16.9 Å². The highest BCUT2D eigenvalue weighted by Gasteiger charge is 2.28. The highest BCUT2D eigenvalue weighted by atomic mass is 32.2. The van der Waals surface area contributed by atoms with Crippen molar-refractivity contribution in [3.63, 3.8) is 0 Å². The molecule has 0 heterocycles. The van der Waals surface area contributed by atoms with E-state index in [1.165, 1.54) is 24.3 Å². The molecule has 0 fully saturated rings. The summed E-state index contributed by atoms with van der Waals surface area (Å²) in [7, 11) is -7.36. The number of rotatable bonds is 8. The van der Waals surface area contributed by atoms with E-state index in [0.29, 0.717) is 22.6 Å². The van der Waals surface area contributed by atoms with Gasteiger partial charge in [0.2, 0.25) is 9.84 Å². The van der Waals surface area contributed by atoms with Gasteiger partial charge in [-0.25, -0.2) is 8.42 Å². The van der Waals surface area contributed by atoms with Crippen molar-refractivity contribution in [1.82, 2.24) is 0 Å². The molecule has 0 radical (unpaired) electrons. The number of sulfone groups is 1. The minimum absolute atomic E-state index is 0.0835. The van der Waals surface area contributed by atoms with Gasteiger partial charge >= 0.3 is 0 Å². The summed E-state index contributed by atoms with van der Waals surface area (Å²) >= 11 is 1.59. The number of hydrogen-bond donors (Lipinski definition) is 1.